The van der Waals surface area contributed by atoms with Crippen LogP contribution in [0.15, 0.2) is 109 Å². The van der Waals surface area contributed by atoms with Gasteiger partial charge in [0.15, 0.2) is 17.9 Å². The number of rotatable bonds is 35. The fraction of sp³-hybridized carbons (Fsp3) is 0.536. The van der Waals surface area contributed by atoms with Gasteiger partial charge in [0.1, 0.15) is 96.1 Å². The Morgan fingerprint density at radius 1 is 0.355 bits per heavy atom. The first-order valence-corrected chi connectivity index (χ1v) is 48.8. The molecule has 14 atom stereocenters. The van der Waals surface area contributed by atoms with Gasteiger partial charge >= 0.3 is 0 Å². The normalized spacial score (nSPS) is 23.2. The molecule has 141 heavy (non-hydrogen) atoms. The molecule has 0 saturated carbocycles. The van der Waals surface area contributed by atoms with E-state index in [9.17, 15) is 10.2 Å². The summed E-state index contributed by atoms with van der Waals surface area (Å²) in [6, 6.07) is 5.16. The largest absolute Gasteiger partial charge is 0.508 e. The Morgan fingerprint density at radius 3 is 0.986 bits per heavy atom. The molecule has 34 N–H and O–H groups in total. The first-order chi connectivity index (χ1) is 67.5. The number of nitrogens with two attached hydrogens (primary N) is 6. The summed E-state index contributed by atoms with van der Waals surface area (Å²) < 4.78 is 0. The number of aromatic nitrogens is 2. The lowest BCUT2D eigenvalue weighted by atomic mass is 9.99. The molecule has 0 spiro atoms. The van der Waals surface area contributed by atoms with Crippen LogP contribution in [0.4, 0.5) is 0 Å². The number of unbranched alkanes of at least 4 members (excludes halogenated alkanes) is 3. The van der Waals surface area contributed by atoms with E-state index in [1.807, 2.05) is 6.07 Å². The molecule has 6 aromatic rings. The Hall–Kier alpha value is -14.2. The van der Waals surface area contributed by atoms with Gasteiger partial charge in [-0.25, -0.2) is 0 Å². The highest BCUT2D eigenvalue weighted by molar-refractivity contribution is 6.02. The van der Waals surface area contributed by atoms with E-state index in [0.29, 0.717) is 76.2 Å². The van der Waals surface area contributed by atoms with Gasteiger partial charge in [-0.05, 0) is 219 Å². The molecule has 3 saturated heterocycles. The van der Waals surface area contributed by atoms with Gasteiger partial charge in [0.25, 0.3) is 0 Å². The molecule has 44 heteroatoms. The summed E-state index contributed by atoms with van der Waals surface area (Å²) >= 11 is 0. The van der Waals surface area contributed by atoms with E-state index in [4.69, 9.17) is 50.6 Å². The third kappa shape index (κ3) is 34.1. The number of carbonyl (C=O) groups excluding carboxylic acids is 14. The van der Waals surface area contributed by atoms with Gasteiger partial charge < -0.3 is 144 Å². The van der Waals surface area contributed by atoms with Crippen molar-refractivity contribution in [3.05, 3.63) is 132 Å². The minimum Gasteiger partial charge on any atom is -0.508 e. The maximum absolute atomic E-state index is 15.7. The van der Waals surface area contributed by atoms with Crippen molar-refractivity contribution in [3.8, 4) is 11.5 Å². The van der Waals surface area contributed by atoms with Crippen molar-refractivity contribution in [3.63, 3.8) is 0 Å². The van der Waals surface area contributed by atoms with Crippen LogP contribution in [0.2, 0.25) is 0 Å². The summed E-state index contributed by atoms with van der Waals surface area (Å²) in [5.74, 6) is -14.6. The number of aromatic hydroxyl groups is 2. The van der Waals surface area contributed by atoms with Gasteiger partial charge in [0.05, 0.1) is 0 Å². The lowest BCUT2D eigenvalue weighted by Gasteiger charge is -2.34. The summed E-state index contributed by atoms with van der Waals surface area (Å²) in [6.07, 6.45) is 4.12. The predicted molar refractivity (Wildman–Crippen MR) is 531 cm³/mol. The van der Waals surface area contributed by atoms with Gasteiger partial charge in [0.2, 0.25) is 82.7 Å². The second-order valence-corrected chi connectivity index (χ2v) is 37.1. The summed E-state index contributed by atoms with van der Waals surface area (Å²) in [5, 5.41) is 88.1. The van der Waals surface area contributed by atoms with Crippen LogP contribution >= 0.6 is 0 Å². The van der Waals surface area contributed by atoms with Crippen molar-refractivity contribution in [2.24, 2.45) is 46.2 Å². The second kappa shape index (κ2) is 55.6. The smallest absolute Gasteiger partial charge is 0.246 e. The molecule has 3 aliphatic heterocycles. The molecule has 3 aliphatic rings. The Labute approximate surface area is 819 Å². The van der Waals surface area contributed by atoms with Crippen molar-refractivity contribution in [1.29, 1.82) is 16.2 Å². The Morgan fingerprint density at radius 2 is 0.645 bits per heavy atom. The van der Waals surface area contributed by atoms with E-state index >= 15 is 67.1 Å². The van der Waals surface area contributed by atoms with Crippen LogP contribution in [-0.4, -0.2) is 268 Å². The Bertz CT molecular complexity index is 5260. The number of H-pyrrole nitrogens is 2. The minimum absolute atomic E-state index is 0.00760. The maximum atomic E-state index is 15.7. The van der Waals surface area contributed by atoms with E-state index in [1.165, 1.54) is 58.3 Å². The lowest BCUT2D eigenvalue weighted by Crippen LogP contribution is -2.62. The zero-order chi connectivity index (χ0) is 102. The Balaban J connectivity index is 1.15. The predicted octanol–water partition coefficient (Wildman–Crippen LogP) is -0.977. The number of para-hydroxylation sites is 2. The molecule has 4 aromatic carbocycles. The van der Waals surface area contributed by atoms with Gasteiger partial charge in [-0.1, -0.05) is 88.4 Å². The molecular formula is C97H144N28O16. The molecule has 0 bridgehead atoms. The number of hydrogen-bond donors (Lipinski definition) is 28. The highest BCUT2D eigenvalue weighted by Gasteiger charge is 2.47. The van der Waals surface area contributed by atoms with Crippen molar-refractivity contribution in [2.45, 2.75) is 266 Å². The fourth-order valence-corrected chi connectivity index (χ4v) is 17.7. The van der Waals surface area contributed by atoms with Crippen LogP contribution in [0.25, 0.3) is 21.8 Å². The lowest BCUT2D eigenvalue weighted by molar-refractivity contribution is -0.148. The number of guanidine groups is 3. The molecule has 0 aliphatic carbocycles. The zero-order valence-corrected chi connectivity index (χ0v) is 80.7. The number of nitrogens with one attached hydrogen (secondary N) is 20. The van der Waals surface area contributed by atoms with Crippen molar-refractivity contribution in [1.82, 2.24) is 99.5 Å². The summed E-state index contributed by atoms with van der Waals surface area (Å²) in [6.45, 7) is 7.49. The van der Waals surface area contributed by atoms with E-state index in [0.717, 1.165) is 0 Å². The number of fused-ring (bicyclic) bond motifs is 4. The average Bonchev–Trinajstić information content (AvgIpc) is 1.66. The van der Waals surface area contributed by atoms with E-state index in [2.05, 4.69) is 89.7 Å². The molecule has 14 amide bonds. The minimum atomic E-state index is -1.62. The number of benzene rings is 4. The molecule has 2 aromatic heterocycles. The molecule has 0 unspecified atom stereocenters. The van der Waals surface area contributed by atoms with Gasteiger partial charge in [0, 0.05) is 92.6 Å². The zero-order valence-electron chi connectivity index (χ0n) is 80.7. The number of carbonyl (C=O) groups is 14. The number of amides is 14. The van der Waals surface area contributed by atoms with Crippen LogP contribution in [0.1, 0.15) is 178 Å². The maximum Gasteiger partial charge on any atom is 0.246 e. The number of phenols is 2. The molecule has 44 nitrogen and oxygen atoms in total. The molecule has 768 valence electrons. The number of nitrogens with zero attached hydrogens (tertiary/aromatic N) is 2. The second-order valence-electron chi connectivity index (χ2n) is 37.1. The van der Waals surface area contributed by atoms with Crippen molar-refractivity contribution >= 4 is 122 Å². The van der Waals surface area contributed by atoms with Crippen LogP contribution in [0.5, 0.6) is 11.5 Å². The quantitative estimate of drug-likeness (QED) is 0.0129. The molecule has 5 heterocycles. The monoisotopic (exact) mass is 1960 g/mol. The van der Waals surface area contributed by atoms with Crippen LogP contribution < -0.4 is 114 Å². The summed E-state index contributed by atoms with van der Waals surface area (Å²) in [4.78, 5) is 225. The topological polar surface area (TPSA) is 726 Å². The highest BCUT2D eigenvalue weighted by Crippen LogP contribution is 2.29. The third-order valence-corrected chi connectivity index (χ3v) is 25.3. The summed E-state index contributed by atoms with van der Waals surface area (Å²) in [7, 11) is 0. The Kier molecular flexibility index (Phi) is 43.5. The van der Waals surface area contributed by atoms with Gasteiger partial charge in [-0.15, -0.1) is 0 Å². The van der Waals surface area contributed by atoms with Crippen LogP contribution in [0.3, 0.4) is 0 Å². The SMILES string of the molecule is CC(C)C[C@@H]1NC(=O)[C@H](Cc2c[nH]c3ccccc23)NC(=O)[C@H](CCCNC(=N)N)NC(=O)[C@@H]2CCCN2C(=O)[C@H]2CCCN2C(=O)[C@H](C(C)C)NC(=O)[C@H](Cc2ccc(O)cc2)NC(=O)[C@H](Cc2ccc(O)cc2)NC(=O)[C@H](CCCCN)NC(=O)[C@H](Cc2c[nH]c3ccccc23)NC(=O)[C@H](CCCNC(=N)N)NC(=O)[C@H](CCCNC(=N)N)NC(=O)[C@H](CCCCN)NC(=O)[C@H](CCCCN)NC1=O. The van der Waals surface area contributed by atoms with Gasteiger partial charge in [-0.2, -0.15) is 0 Å². The van der Waals surface area contributed by atoms with Crippen LogP contribution in [0, 0.1) is 28.1 Å². The number of hydrogen-bond acceptors (Lipinski definition) is 22. The van der Waals surface area contributed by atoms with Crippen molar-refractivity contribution < 1.29 is 77.3 Å². The van der Waals surface area contributed by atoms with E-state index in [1.54, 1.807) is 82.6 Å². The van der Waals surface area contributed by atoms with E-state index < -0.39 is 185 Å². The molecule has 0 radical (unpaired) electrons. The summed E-state index contributed by atoms with van der Waals surface area (Å²) in [5.41, 5.74) is 38.4. The third-order valence-electron chi connectivity index (χ3n) is 25.3. The van der Waals surface area contributed by atoms with E-state index in [-0.39, 0.29) is 198 Å². The fourth-order valence-electron chi connectivity index (χ4n) is 17.7. The molecule has 3 fully saturated rings. The first kappa shape index (κ1) is 110. The number of aromatic amines is 2. The van der Waals surface area contributed by atoms with Crippen molar-refractivity contribution in [2.75, 3.05) is 52.4 Å². The highest BCUT2D eigenvalue weighted by atomic mass is 16.3. The van der Waals surface area contributed by atoms with Gasteiger partial charge in [-0.3, -0.25) is 83.4 Å². The van der Waals surface area contributed by atoms with Crippen LogP contribution in [-0.2, 0) is 92.8 Å². The molecule has 9 rings (SSSR count). The first-order valence-electron chi connectivity index (χ1n) is 48.8. The number of phenolic OH excluding ortho intramolecular Hbond substituents is 2. The molecular weight excluding hydrogens is 1810 g/mol. The standard InChI is InChI=1S/C97H144N28O16/c1-55(2)48-73-87(134)115-68(25-10-13-41-99)82(129)112-67(24-9-12-40-98)81(128)113-70(27-15-43-107-95(101)102)83(130)114-71(28-16-44-108-96(103)104)85(132)121-76(51-59-53-110-65-22-7-5-20-63(59)65)89(136)116-69(26-11-14-42-100)84(131)119-74(49-57-32-36-61(126)37-33-57)88(135)120-75(50-58-34-38-62(127)39-35-58)91(138)123-80(56(3)4)94(141)125-47-19-31-79(125)93(140)124-46-18-30-78(124)92(139)117-72(29-17-45-109-97(105)106)86(133)122-77(90(137)118-73)52-60-54-111-66-23-8-6-21-64(60)66/h5-8,20-23,32-39,53-56,67-80,110-111,126-127H,9-19,24-31,40-52,98-100H2,1-4H3,(H,112,129)(H,113,128)(H,114,130)(H,115,134)(H,116,136)(H,117,139)(H,118,137)(H,119,131)(H,120,135)(H,121,132)(H,122,133)(H,123,138)(H4,101,102,107)(H4,103,104,108)(H4,105,106,109)/t67-,68-,69-,70-,71-,72-,73-,74-,75-,76-,77-,78-,79+,80-/m0/s1. The average molecular weight is 1960 g/mol.